The molecule has 0 aliphatic heterocycles. The number of hydrogen-bond donors (Lipinski definition) is 1. The van der Waals surface area contributed by atoms with Crippen LogP contribution in [-0.4, -0.2) is 30.0 Å². The van der Waals surface area contributed by atoms with Gasteiger partial charge in [0.1, 0.15) is 5.69 Å². The summed E-state index contributed by atoms with van der Waals surface area (Å²) in [7, 11) is 0. The van der Waals surface area contributed by atoms with E-state index in [0.717, 1.165) is 5.69 Å². The standard InChI is InChI=1S/C24H21FN6OS/c1-3-5-17(2)31-14-19(27-16-31)7-8-20-15-33-24(28-20)29-23(32)21-6-4-11-30(21)13-18-9-10-26-22(25)12-18/h1,4,6-12,14-17H,5,13H2,2H3,(H,28,29,32)/b8-7+. The summed E-state index contributed by atoms with van der Waals surface area (Å²) in [5.41, 5.74) is 2.67. The van der Waals surface area contributed by atoms with Gasteiger partial charge in [-0.2, -0.15) is 4.39 Å². The van der Waals surface area contributed by atoms with Gasteiger partial charge in [-0.25, -0.2) is 15.0 Å². The Morgan fingerprint density at radius 3 is 3.00 bits per heavy atom. The molecule has 0 aliphatic carbocycles. The molecule has 0 bridgehead atoms. The van der Waals surface area contributed by atoms with Crippen molar-refractivity contribution < 1.29 is 9.18 Å². The fourth-order valence-electron chi connectivity index (χ4n) is 3.20. The van der Waals surface area contributed by atoms with E-state index >= 15 is 0 Å². The summed E-state index contributed by atoms with van der Waals surface area (Å²) in [5, 5.41) is 5.15. The highest BCUT2D eigenvalue weighted by Gasteiger charge is 2.13. The molecule has 0 fully saturated rings. The van der Waals surface area contributed by atoms with Crippen LogP contribution in [0.1, 0.15) is 46.8 Å². The van der Waals surface area contributed by atoms with Gasteiger partial charge in [0.05, 0.1) is 17.7 Å². The lowest BCUT2D eigenvalue weighted by molar-refractivity contribution is 0.101. The minimum atomic E-state index is -0.553. The number of aromatic nitrogens is 5. The Hall–Kier alpha value is -4.03. The molecule has 33 heavy (non-hydrogen) atoms. The number of anilines is 1. The van der Waals surface area contributed by atoms with Crippen molar-refractivity contribution in [1.82, 2.24) is 24.1 Å². The van der Waals surface area contributed by atoms with Crippen LogP contribution < -0.4 is 5.32 Å². The first-order chi connectivity index (χ1) is 16.0. The largest absolute Gasteiger partial charge is 0.339 e. The van der Waals surface area contributed by atoms with Crippen LogP contribution in [-0.2, 0) is 6.54 Å². The van der Waals surface area contributed by atoms with Crippen molar-refractivity contribution in [1.29, 1.82) is 0 Å². The normalized spacial score (nSPS) is 12.0. The van der Waals surface area contributed by atoms with Gasteiger partial charge in [0.25, 0.3) is 5.91 Å². The maximum atomic E-state index is 13.4. The van der Waals surface area contributed by atoms with Crippen LogP contribution in [0.2, 0.25) is 0 Å². The summed E-state index contributed by atoms with van der Waals surface area (Å²) in [5.74, 6) is 1.81. The van der Waals surface area contributed by atoms with E-state index in [0.29, 0.717) is 35.0 Å². The molecule has 0 saturated carbocycles. The van der Waals surface area contributed by atoms with Crippen LogP contribution in [0.15, 0.2) is 54.6 Å². The van der Waals surface area contributed by atoms with E-state index in [1.54, 1.807) is 35.3 Å². The molecule has 4 aromatic rings. The molecule has 1 atom stereocenters. The number of imidazole rings is 1. The number of halogens is 1. The molecule has 1 amide bonds. The monoisotopic (exact) mass is 460 g/mol. The smallest absolute Gasteiger partial charge is 0.274 e. The molecule has 0 aliphatic rings. The highest BCUT2D eigenvalue weighted by molar-refractivity contribution is 7.14. The fourth-order valence-corrected chi connectivity index (χ4v) is 3.88. The third-order valence-corrected chi connectivity index (χ3v) is 5.69. The lowest BCUT2D eigenvalue weighted by Crippen LogP contribution is -2.17. The lowest BCUT2D eigenvalue weighted by atomic mass is 10.2. The number of nitrogens with zero attached hydrogens (tertiary/aromatic N) is 5. The molecule has 7 nitrogen and oxygen atoms in total. The van der Waals surface area contributed by atoms with Gasteiger partial charge in [0.2, 0.25) is 5.95 Å². The Labute approximate surface area is 194 Å². The second-order valence-electron chi connectivity index (χ2n) is 7.38. The second kappa shape index (κ2) is 10.1. The highest BCUT2D eigenvalue weighted by atomic mass is 32.1. The molecule has 1 unspecified atom stereocenters. The first kappa shape index (κ1) is 22.2. The van der Waals surface area contributed by atoms with Gasteiger partial charge < -0.3 is 9.13 Å². The van der Waals surface area contributed by atoms with Crippen LogP contribution in [0.4, 0.5) is 9.52 Å². The molecular formula is C24H21FN6OS. The summed E-state index contributed by atoms with van der Waals surface area (Å²) in [6, 6.07) is 6.72. The van der Waals surface area contributed by atoms with Gasteiger partial charge in [-0.3, -0.25) is 10.1 Å². The minimum absolute atomic E-state index is 0.183. The molecule has 0 radical (unpaired) electrons. The van der Waals surface area contributed by atoms with Crippen molar-refractivity contribution in [3.8, 4) is 12.3 Å². The molecule has 0 spiro atoms. The fraction of sp³-hybridized carbons (Fsp3) is 0.167. The minimum Gasteiger partial charge on any atom is -0.339 e. The Morgan fingerprint density at radius 1 is 1.33 bits per heavy atom. The molecule has 1 N–H and O–H groups in total. The average molecular weight is 461 g/mol. The van der Waals surface area contributed by atoms with E-state index in [2.05, 4.69) is 26.2 Å². The molecule has 4 rings (SSSR count). The summed E-state index contributed by atoms with van der Waals surface area (Å²) in [4.78, 5) is 25.1. The van der Waals surface area contributed by atoms with Gasteiger partial charge in [-0.05, 0) is 48.9 Å². The van der Waals surface area contributed by atoms with E-state index < -0.39 is 5.95 Å². The topological polar surface area (TPSA) is 77.6 Å². The molecule has 4 aromatic heterocycles. The SMILES string of the molecule is C#CCC(C)n1cnc(/C=C/c2csc(NC(=O)c3cccn3Cc3ccnc(F)c3)n2)c1. The molecular weight excluding hydrogens is 439 g/mol. The Balaban J connectivity index is 1.39. The summed E-state index contributed by atoms with van der Waals surface area (Å²) in [6.45, 7) is 2.39. The number of rotatable bonds is 8. The number of terminal acetylenes is 1. The lowest BCUT2D eigenvalue weighted by Gasteiger charge is -2.09. The maximum Gasteiger partial charge on any atom is 0.274 e. The predicted molar refractivity (Wildman–Crippen MR) is 127 cm³/mol. The molecule has 4 heterocycles. The van der Waals surface area contributed by atoms with Crippen molar-refractivity contribution in [2.24, 2.45) is 0 Å². The van der Waals surface area contributed by atoms with Crippen LogP contribution in [0, 0.1) is 18.3 Å². The second-order valence-corrected chi connectivity index (χ2v) is 8.23. The number of amides is 1. The first-order valence-corrected chi connectivity index (χ1v) is 11.1. The van der Waals surface area contributed by atoms with E-state index in [-0.39, 0.29) is 11.9 Å². The van der Waals surface area contributed by atoms with Gasteiger partial charge in [0.15, 0.2) is 5.13 Å². The molecule has 0 saturated heterocycles. The molecule has 9 heteroatoms. The zero-order valence-electron chi connectivity index (χ0n) is 17.9. The molecule has 0 aromatic carbocycles. The van der Waals surface area contributed by atoms with Crippen LogP contribution in [0.25, 0.3) is 12.2 Å². The van der Waals surface area contributed by atoms with Crippen LogP contribution >= 0.6 is 11.3 Å². The van der Waals surface area contributed by atoms with E-state index in [4.69, 9.17) is 6.42 Å². The number of pyridine rings is 1. The van der Waals surface area contributed by atoms with Crippen molar-refractivity contribution in [3.05, 3.63) is 83.2 Å². The zero-order valence-corrected chi connectivity index (χ0v) is 18.7. The molecule has 166 valence electrons. The average Bonchev–Trinajstić information content (AvgIpc) is 3.54. The number of carbonyl (C=O) groups excluding carboxylic acids is 1. The van der Waals surface area contributed by atoms with Crippen LogP contribution in [0.5, 0.6) is 0 Å². The summed E-state index contributed by atoms with van der Waals surface area (Å²) in [6.07, 6.45) is 16.6. The van der Waals surface area contributed by atoms with Crippen LogP contribution in [0.3, 0.4) is 0 Å². The van der Waals surface area contributed by atoms with Gasteiger partial charge >= 0.3 is 0 Å². The quantitative estimate of drug-likeness (QED) is 0.305. The van der Waals surface area contributed by atoms with Gasteiger partial charge in [0, 0.05) is 43.0 Å². The number of carbonyl (C=O) groups is 1. The van der Waals surface area contributed by atoms with Crippen molar-refractivity contribution in [2.45, 2.75) is 25.9 Å². The third kappa shape index (κ3) is 5.61. The summed E-state index contributed by atoms with van der Waals surface area (Å²) >= 11 is 1.33. The first-order valence-electron chi connectivity index (χ1n) is 10.2. The van der Waals surface area contributed by atoms with Crippen molar-refractivity contribution in [2.75, 3.05) is 5.32 Å². The van der Waals surface area contributed by atoms with E-state index in [9.17, 15) is 9.18 Å². The third-order valence-electron chi connectivity index (χ3n) is 4.92. The Bertz CT molecular complexity index is 1330. The van der Waals surface area contributed by atoms with E-state index in [1.165, 1.54) is 23.6 Å². The highest BCUT2D eigenvalue weighted by Crippen LogP contribution is 2.19. The van der Waals surface area contributed by atoms with Gasteiger partial charge in [-0.15, -0.1) is 23.7 Å². The van der Waals surface area contributed by atoms with Gasteiger partial charge in [-0.1, -0.05) is 0 Å². The number of hydrogen-bond acceptors (Lipinski definition) is 5. The Morgan fingerprint density at radius 2 is 2.18 bits per heavy atom. The van der Waals surface area contributed by atoms with Crippen molar-refractivity contribution >= 4 is 34.5 Å². The predicted octanol–water partition coefficient (Wildman–Crippen LogP) is 4.73. The number of nitrogens with one attached hydrogen (secondary N) is 1. The van der Waals surface area contributed by atoms with E-state index in [1.807, 2.05) is 35.2 Å². The zero-order chi connectivity index (χ0) is 23.2. The summed E-state index contributed by atoms with van der Waals surface area (Å²) < 4.78 is 17.1. The van der Waals surface area contributed by atoms with Crippen molar-refractivity contribution in [3.63, 3.8) is 0 Å². The Kier molecular flexibility index (Phi) is 6.76. The maximum absolute atomic E-state index is 13.4. The number of thiazole rings is 1.